The fourth-order valence-electron chi connectivity index (χ4n) is 1.80. The van der Waals surface area contributed by atoms with E-state index in [4.69, 9.17) is 17.3 Å². The van der Waals surface area contributed by atoms with Gasteiger partial charge in [0.05, 0.1) is 5.01 Å². The maximum atomic E-state index is 6.13. The molecule has 2 nitrogen and oxygen atoms in total. The van der Waals surface area contributed by atoms with Crippen LogP contribution in [0.4, 0.5) is 0 Å². The summed E-state index contributed by atoms with van der Waals surface area (Å²) in [5.41, 5.74) is 7.32. The van der Waals surface area contributed by atoms with Gasteiger partial charge in [0.25, 0.3) is 0 Å². The third kappa shape index (κ3) is 3.80. The van der Waals surface area contributed by atoms with Gasteiger partial charge in [0.15, 0.2) is 0 Å². The molecule has 0 radical (unpaired) electrons. The smallest absolute Gasteiger partial charge is 0.0896 e. The van der Waals surface area contributed by atoms with Gasteiger partial charge in [-0.05, 0) is 37.5 Å². The molecule has 1 heterocycles. The van der Waals surface area contributed by atoms with Crippen molar-refractivity contribution in [2.24, 2.45) is 5.73 Å². The Hall–Kier alpha value is -0.900. The summed E-state index contributed by atoms with van der Waals surface area (Å²) >= 11 is 7.66. The fraction of sp³-hybridized carbons (Fsp3) is 0.308. The van der Waals surface area contributed by atoms with Gasteiger partial charge in [-0.15, -0.1) is 11.3 Å². The van der Waals surface area contributed by atoms with Crippen LogP contribution in [0.1, 0.15) is 15.4 Å². The number of nitrogens with zero attached hydrogens (tertiary/aromatic N) is 1. The zero-order valence-electron chi connectivity index (χ0n) is 9.69. The van der Waals surface area contributed by atoms with Crippen LogP contribution in [0.25, 0.3) is 0 Å². The summed E-state index contributed by atoms with van der Waals surface area (Å²) in [4.78, 5) is 5.48. The van der Waals surface area contributed by atoms with Crippen LogP contribution >= 0.6 is 22.9 Å². The van der Waals surface area contributed by atoms with Crippen LogP contribution in [-0.2, 0) is 12.8 Å². The summed E-state index contributed by atoms with van der Waals surface area (Å²) < 4.78 is 0. The number of halogens is 1. The normalized spacial score (nSPS) is 12.6. The first-order valence-electron chi connectivity index (χ1n) is 5.55. The van der Waals surface area contributed by atoms with E-state index in [0.29, 0.717) is 0 Å². The zero-order valence-corrected chi connectivity index (χ0v) is 11.3. The van der Waals surface area contributed by atoms with Gasteiger partial charge in [-0.2, -0.15) is 0 Å². The Morgan fingerprint density at radius 3 is 2.88 bits per heavy atom. The topological polar surface area (TPSA) is 38.9 Å². The number of hydrogen-bond acceptors (Lipinski definition) is 3. The first-order chi connectivity index (χ1) is 8.13. The molecule has 0 aliphatic heterocycles. The molecule has 2 rings (SSSR count). The molecule has 0 amide bonds. The summed E-state index contributed by atoms with van der Waals surface area (Å²) in [5, 5.41) is 1.86. The van der Waals surface area contributed by atoms with E-state index in [0.717, 1.165) is 22.9 Å². The Labute approximate surface area is 110 Å². The molecule has 2 aromatic rings. The Morgan fingerprint density at radius 2 is 2.24 bits per heavy atom. The van der Waals surface area contributed by atoms with Crippen LogP contribution in [0, 0.1) is 6.92 Å². The minimum absolute atomic E-state index is 0.119. The Morgan fingerprint density at radius 1 is 1.41 bits per heavy atom. The summed E-state index contributed by atoms with van der Waals surface area (Å²) in [6.07, 6.45) is 3.63. The van der Waals surface area contributed by atoms with Gasteiger partial charge in [-0.1, -0.05) is 23.7 Å². The number of benzene rings is 1. The van der Waals surface area contributed by atoms with Gasteiger partial charge in [0.2, 0.25) is 0 Å². The van der Waals surface area contributed by atoms with Crippen LogP contribution in [0.5, 0.6) is 0 Å². The Kier molecular flexibility index (Phi) is 4.15. The van der Waals surface area contributed by atoms with E-state index in [1.807, 2.05) is 31.3 Å². The molecule has 0 aliphatic rings. The van der Waals surface area contributed by atoms with Gasteiger partial charge >= 0.3 is 0 Å². The van der Waals surface area contributed by atoms with Crippen molar-refractivity contribution in [2.45, 2.75) is 25.8 Å². The number of rotatable bonds is 4. The van der Waals surface area contributed by atoms with Crippen molar-refractivity contribution in [3.63, 3.8) is 0 Å². The van der Waals surface area contributed by atoms with Crippen molar-refractivity contribution in [3.05, 3.63) is 50.9 Å². The van der Waals surface area contributed by atoms with Crippen LogP contribution in [0.3, 0.4) is 0 Å². The molecule has 0 bridgehead atoms. The molecule has 17 heavy (non-hydrogen) atoms. The van der Waals surface area contributed by atoms with Crippen LogP contribution in [0.15, 0.2) is 30.5 Å². The predicted octanol–water partition coefficient (Wildman–Crippen LogP) is 3.22. The minimum Gasteiger partial charge on any atom is -0.327 e. The van der Waals surface area contributed by atoms with E-state index in [1.165, 1.54) is 10.4 Å². The molecule has 0 aliphatic carbocycles. The van der Waals surface area contributed by atoms with Gasteiger partial charge in [0.1, 0.15) is 0 Å². The summed E-state index contributed by atoms with van der Waals surface area (Å²) in [6, 6.07) is 7.99. The monoisotopic (exact) mass is 266 g/mol. The average Bonchev–Trinajstić information content (AvgIpc) is 2.63. The third-order valence-corrected chi connectivity index (χ3v) is 3.69. The lowest BCUT2D eigenvalue weighted by Gasteiger charge is -2.10. The molecule has 0 fully saturated rings. The second-order valence-corrected chi connectivity index (χ2v) is 5.90. The molecule has 1 aromatic heterocycles. The first kappa shape index (κ1) is 12.6. The van der Waals surface area contributed by atoms with E-state index in [1.54, 1.807) is 11.3 Å². The lowest BCUT2D eigenvalue weighted by Crippen LogP contribution is -2.25. The molecule has 0 saturated carbocycles. The SMILES string of the molecule is Cc1ncc(CC(N)Cc2cccc(Cl)c2)s1. The zero-order chi connectivity index (χ0) is 12.3. The third-order valence-electron chi connectivity index (χ3n) is 2.52. The molecule has 4 heteroatoms. The van der Waals surface area contributed by atoms with E-state index < -0.39 is 0 Å². The second kappa shape index (κ2) is 5.63. The van der Waals surface area contributed by atoms with Gasteiger partial charge < -0.3 is 5.73 Å². The molecule has 1 unspecified atom stereocenters. The summed E-state index contributed by atoms with van der Waals surface area (Å²) in [7, 11) is 0. The van der Waals surface area contributed by atoms with Gasteiger partial charge in [-0.3, -0.25) is 0 Å². The van der Waals surface area contributed by atoms with Crippen LogP contribution < -0.4 is 5.73 Å². The highest BCUT2D eigenvalue weighted by atomic mass is 35.5. The van der Waals surface area contributed by atoms with Crippen molar-refractivity contribution in [3.8, 4) is 0 Å². The van der Waals surface area contributed by atoms with E-state index in [-0.39, 0.29) is 6.04 Å². The van der Waals surface area contributed by atoms with Crippen molar-refractivity contribution in [1.82, 2.24) is 4.98 Å². The van der Waals surface area contributed by atoms with Crippen molar-refractivity contribution in [2.75, 3.05) is 0 Å². The quantitative estimate of drug-likeness (QED) is 0.923. The maximum Gasteiger partial charge on any atom is 0.0896 e. The lowest BCUT2D eigenvalue weighted by molar-refractivity contribution is 0.670. The van der Waals surface area contributed by atoms with E-state index in [2.05, 4.69) is 11.1 Å². The minimum atomic E-state index is 0.119. The molecule has 90 valence electrons. The van der Waals surface area contributed by atoms with Crippen molar-refractivity contribution < 1.29 is 0 Å². The number of hydrogen-bond donors (Lipinski definition) is 1. The highest BCUT2D eigenvalue weighted by molar-refractivity contribution is 7.11. The molecule has 1 atom stereocenters. The van der Waals surface area contributed by atoms with E-state index >= 15 is 0 Å². The van der Waals surface area contributed by atoms with E-state index in [9.17, 15) is 0 Å². The van der Waals surface area contributed by atoms with Crippen molar-refractivity contribution in [1.29, 1.82) is 0 Å². The molecule has 0 spiro atoms. The number of aromatic nitrogens is 1. The lowest BCUT2D eigenvalue weighted by atomic mass is 10.0. The van der Waals surface area contributed by atoms with Gasteiger partial charge in [0, 0.05) is 22.1 Å². The molecule has 1 aromatic carbocycles. The molecular weight excluding hydrogens is 252 g/mol. The standard InChI is InChI=1S/C13H15ClN2S/c1-9-16-8-13(17-9)7-12(15)6-10-3-2-4-11(14)5-10/h2-5,8,12H,6-7,15H2,1H3. The fourth-order valence-corrected chi connectivity index (χ4v) is 2.90. The Balaban J connectivity index is 1.95. The summed E-state index contributed by atoms with van der Waals surface area (Å²) in [5.74, 6) is 0. The highest BCUT2D eigenvalue weighted by Crippen LogP contribution is 2.16. The van der Waals surface area contributed by atoms with Crippen LogP contribution in [-0.4, -0.2) is 11.0 Å². The first-order valence-corrected chi connectivity index (χ1v) is 6.74. The highest BCUT2D eigenvalue weighted by Gasteiger charge is 2.08. The molecular formula is C13H15ClN2S. The van der Waals surface area contributed by atoms with Gasteiger partial charge in [-0.25, -0.2) is 4.98 Å². The van der Waals surface area contributed by atoms with Crippen LogP contribution in [0.2, 0.25) is 5.02 Å². The molecule has 0 saturated heterocycles. The number of nitrogens with two attached hydrogens (primary N) is 1. The second-order valence-electron chi connectivity index (χ2n) is 4.14. The Bertz CT molecular complexity index is 496. The molecule has 2 N–H and O–H groups in total. The maximum absolute atomic E-state index is 6.13. The van der Waals surface area contributed by atoms with Crippen molar-refractivity contribution >= 4 is 22.9 Å². The predicted molar refractivity (Wildman–Crippen MR) is 73.7 cm³/mol. The largest absolute Gasteiger partial charge is 0.327 e. The number of aryl methyl sites for hydroxylation is 1. The average molecular weight is 267 g/mol. The number of thiazole rings is 1. The summed E-state index contributed by atoms with van der Waals surface area (Å²) in [6.45, 7) is 2.01.